The number of rotatable bonds is 1. The van der Waals surface area contributed by atoms with Crippen molar-refractivity contribution in [1.29, 1.82) is 0 Å². The minimum Gasteiger partial charge on any atom is -0.493 e. The number of aliphatic imine (C=N–C) groups is 1. The van der Waals surface area contributed by atoms with Gasteiger partial charge in [-0.25, -0.2) is 9.37 Å². The molecule has 3 aliphatic rings. The van der Waals surface area contributed by atoms with E-state index in [0.29, 0.717) is 26.1 Å². The van der Waals surface area contributed by atoms with E-state index in [1.54, 1.807) is 12.1 Å². The zero-order valence-electron chi connectivity index (χ0n) is 16.7. The molecular weight excluding hydrogens is 385 g/mol. The van der Waals surface area contributed by atoms with E-state index in [-0.39, 0.29) is 17.8 Å². The summed E-state index contributed by atoms with van der Waals surface area (Å²) in [5.74, 6) is 0.940. The normalized spacial score (nSPS) is 24.1. The van der Waals surface area contributed by atoms with Gasteiger partial charge in [0.25, 0.3) is 0 Å². The van der Waals surface area contributed by atoms with Crippen LogP contribution in [0.5, 0.6) is 5.75 Å². The third kappa shape index (κ3) is 3.40. The molecule has 0 aliphatic carbocycles. The van der Waals surface area contributed by atoms with Gasteiger partial charge in [0.15, 0.2) is 0 Å². The van der Waals surface area contributed by atoms with Crippen LogP contribution < -0.4 is 20.7 Å². The van der Waals surface area contributed by atoms with Crippen molar-refractivity contribution in [3.8, 4) is 5.75 Å². The lowest BCUT2D eigenvalue weighted by Gasteiger charge is -2.31. The van der Waals surface area contributed by atoms with Gasteiger partial charge in [0.2, 0.25) is 0 Å². The quantitative estimate of drug-likeness (QED) is 0.624. The number of benzene rings is 1. The van der Waals surface area contributed by atoms with Crippen molar-refractivity contribution < 1.29 is 14.2 Å². The van der Waals surface area contributed by atoms with Crippen molar-refractivity contribution in [1.82, 2.24) is 4.98 Å². The summed E-state index contributed by atoms with van der Waals surface area (Å²) in [7, 11) is 0. The zero-order valence-corrected chi connectivity index (χ0v) is 16.7. The number of nitrogens with two attached hydrogens (primary N) is 1. The van der Waals surface area contributed by atoms with Crippen LogP contribution in [0.15, 0.2) is 35.3 Å². The first-order valence-electron chi connectivity index (χ1n) is 10.5. The number of nitrogens with zero attached hydrogens (tertiary/aromatic N) is 3. The van der Waals surface area contributed by atoms with Gasteiger partial charge in [-0.05, 0) is 43.2 Å². The molecule has 3 atom stereocenters. The number of fused-ring (bicyclic) bond motifs is 5. The molecule has 0 radical (unpaired) electrons. The van der Waals surface area contributed by atoms with E-state index in [0.717, 1.165) is 53.6 Å². The molecule has 4 heterocycles. The maximum atomic E-state index is 14.1. The fourth-order valence-corrected chi connectivity index (χ4v) is 4.64. The molecule has 1 fully saturated rings. The smallest absolute Gasteiger partial charge is 0.129 e. The van der Waals surface area contributed by atoms with Crippen LogP contribution in [0.4, 0.5) is 15.9 Å². The van der Waals surface area contributed by atoms with Crippen molar-refractivity contribution in [2.45, 2.75) is 31.5 Å². The minimum atomic E-state index is -1.02. The molecule has 1 aromatic carbocycles. The summed E-state index contributed by atoms with van der Waals surface area (Å²) >= 11 is 0. The van der Waals surface area contributed by atoms with E-state index in [2.05, 4.69) is 10.2 Å². The Kier molecular flexibility index (Phi) is 5.04. The van der Waals surface area contributed by atoms with Crippen molar-refractivity contribution in [3.63, 3.8) is 0 Å². The molecule has 5 rings (SSSR count). The monoisotopic (exact) mass is 411 g/mol. The van der Waals surface area contributed by atoms with Crippen LogP contribution in [-0.2, 0) is 0 Å². The van der Waals surface area contributed by atoms with E-state index in [1.807, 2.05) is 12.1 Å². The van der Waals surface area contributed by atoms with Crippen LogP contribution in [0.2, 0.25) is 0 Å². The number of aliphatic hydroxyl groups is 1. The summed E-state index contributed by atoms with van der Waals surface area (Å²) in [5.41, 5.74) is 9.07. The lowest BCUT2D eigenvalue weighted by molar-refractivity contribution is 0.149. The highest BCUT2D eigenvalue weighted by atomic mass is 19.1. The first-order valence-corrected chi connectivity index (χ1v) is 10.5. The topological polar surface area (TPSA) is 96.0 Å². The highest BCUT2D eigenvalue weighted by Gasteiger charge is 2.34. The lowest BCUT2D eigenvalue weighted by atomic mass is 9.93. The second kappa shape index (κ2) is 7.85. The van der Waals surface area contributed by atoms with Crippen molar-refractivity contribution in [2.24, 2.45) is 16.6 Å². The summed E-state index contributed by atoms with van der Waals surface area (Å²) in [4.78, 5) is 11.9. The Balaban J connectivity index is 1.63. The molecule has 0 amide bonds. The third-order valence-electron chi connectivity index (χ3n) is 6.12. The van der Waals surface area contributed by atoms with E-state index in [4.69, 9.17) is 20.4 Å². The largest absolute Gasteiger partial charge is 0.493 e. The van der Waals surface area contributed by atoms with E-state index in [1.165, 1.54) is 6.07 Å². The summed E-state index contributed by atoms with van der Waals surface area (Å²) in [6, 6.07) is 8.73. The van der Waals surface area contributed by atoms with E-state index >= 15 is 0 Å². The lowest BCUT2D eigenvalue weighted by Crippen LogP contribution is -2.43. The zero-order chi connectivity index (χ0) is 20.7. The number of ether oxygens (including phenoxy) is 1. The van der Waals surface area contributed by atoms with Crippen LogP contribution in [0.1, 0.15) is 36.6 Å². The van der Waals surface area contributed by atoms with Crippen molar-refractivity contribution >= 4 is 17.2 Å². The highest BCUT2D eigenvalue weighted by Crippen LogP contribution is 2.41. The van der Waals surface area contributed by atoms with Gasteiger partial charge in [0.05, 0.1) is 30.0 Å². The summed E-state index contributed by atoms with van der Waals surface area (Å²) in [5, 5.41) is 13.4. The molecule has 0 spiro atoms. The van der Waals surface area contributed by atoms with Gasteiger partial charge in [-0.2, -0.15) is 0 Å². The van der Waals surface area contributed by atoms with Gasteiger partial charge in [-0.1, -0.05) is 0 Å². The van der Waals surface area contributed by atoms with Gasteiger partial charge >= 0.3 is 0 Å². The Morgan fingerprint density at radius 1 is 1.27 bits per heavy atom. The maximum Gasteiger partial charge on any atom is 0.129 e. The summed E-state index contributed by atoms with van der Waals surface area (Å²) < 4.78 is 20.2. The fraction of sp³-hybridized carbons (Fsp3) is 0.455. The molecule has 30 heavy (non-hydrogen) atoms. The van der Waals surface area contributed by atoms with E-state index in [9.17, 15) is 9.50 Å². The Hall–Kier alpha value is -2.71. The van der Waals surface area contributed by atoms with Gasteiger partial charge in [-0.15, -0.1) is 0 Å². The number of nitrogens with one attached hydrogen (secondary N) is 1. The number of aromatic nitrogens is 1. The standard InChI is InChI=1S/C22H26FN5O2/c23-13-4-6-18-14(11-13)17-3-1-9-28(17)19-7-5-16-21(27-19)20(25-8-2-10-30-18)15(12-26-16)22(24)29/h4-7,11,15,17,22,26,29H,1-3,8-10,12,24H2/t15?,17-,22+/m1/s1. The number of pyridine rings is 1. The molecule has 158 valence electrons. The Bertz CT molecular complexity index is 980. The van der Waals surface area contributed by atoms with Crippen LogP contribution in [0.3, 0.4) is 0 Å². The molecule has 2 bridgehead atoms. The van der Waals surface area contributed by atoms with Crippen LogP contribution in [0.25, 0.3) is 0 Å². The highest BCUT2D eigenvalue weighted by molar-refractivity contribution is 6.07. The first kappa shape index (κ1) is 19.3. The van der Waals surface area contributed by atoms with Gasteiger partial charge in [0, 0.05) is 31.6 Å². The second-order valence-electron chi connectivity index (χ2n) is 8.05. The predicted molar refractivity (Wildman–Crippen MR) is 114 cm³/mol. The van der Waals surface area contributed by atoms with E-state index < -0.39 is 6.23 Å². The molecule has 2 aromatic rings. The van der Waals surface area contributed by atoms with Crippen molar-refractivity contribution in [2.75, 3.05) is 36.5 Å². The van der Waals surface area contributed by atoms with Crippen LogP contribution in [0, 0.1) is 11.7 Å². The Labute approximate surface area is 174 Å². The van der Waals surface area contributed by atoms with Gasteiger partial charge in [-0.3, -0.25) is 4.99 Å². The SMILES string of the molecule is N[C@@H](O)C1CNc2ccc3nc2C1=NCCCOc1ccc(F)cc1[C@H]1CCCN31. The van der Waals surface area contributed by atoms with Crippen LogP contribution in [-0.4, -0.2) is 48.3 Å². The number of hydrogen-bond acceptors (Lipinski definition) is 7. The van der Waals surface area contributed by atoms with Crippen LogP contribution >= 0.6 is 0 Å². The molecule has 8 heteroatoms. The number of anilines is 2. The molecule has 0 saturated carbocycles. The predicted octanol–water partition coefficient (Wildman–Crippen LogP) is 2.45. The van der Waals surface area contributed by atoms with Gasteiger partial charge < -0.3 is 25.8 Å². The average molecular weight is 411 g/mol. The van der Waals surface area contributed by atoms with Crippen molar-refractivity contribution in [3.05, 3.63) is 47.4 Å². The molecule has 7 nitrogen and oxygen atoms in total. The summed E-state index contributed by atoms with van der Waals surface area (Å²) in [6.07, 6.45) is 1.57. The number of hydrogen-bond donors (Lipinski definition) is 3. The minimum absolute atomic E-state index is 0.00478. The van der Waals surface area contributed by atoms with Gasteiger partial charge in [0.1, 0.15) is 29.3 Å². The second-order valence-corrected chi connectivity index (χ2v) is 8.05. The third-order valence-corrected chi connectivity index (χ3v) is 6.12. The first-order chi connectivity index (χ1) is 14.6. The maximum absolute atomic E-state index is 14.1. The fourth-order valence-electron chi connectivity index (χ4n) is 4.64. The Morgan fingerprint density at radius 3 is 3.03 bits per heavy atom. The average Bonchev–Trinajstić information content (AvgIpc) is 3.23. The molecular formula is C22H26FN5O2. The Morgan fingerprint density at radius 2 is 2.17 bits per heavy atom. The molecule has 1 aromatic heterocycles. The number of halogens is 1. The summed E-state index contributed by atoms with van der Waals surface area (Å²) in [6.45, 7) is 2.36. The molecule has 1 saturated heterocycles. The molecule has 1 unspecified atom stereocenters. The molecule has 3 aliphatic heterocycles. The molecule has 4 N–H and O–H groups in total. The number of aliphatic hydroxyl groups excluding tert-OH is 1.